The molecule has 0 N–H and O–H groups in total. The third-order valence-corrected chi connectivity index (χ3v) is 19.4. The zero-order valence-corrected chi connectivity index (χ0v) is 67.5. The molecule has 2 unspecified atom stereocenters. The van der Waals surface area contributed by atoms with Gasteiger partial charge in [0, 0.05) is 12.8 Å². The molecule has 0 spiro atoms. The van der Waals surface area contributed by atoms with Crippen molar-refractivity contribution in [3.63, 3.8) is 0 Å². The van der Waals surface area contributed by atoms with E-state index in [1.54, 1.807) is 0 Å². The lowest BCUT2D eigenvalue weighted by atomic mass is 10.0. The Balaban J connectivity index is 4.01. The van der Waals surface area contributed by atoms with E-state index >= 15 is 0 Å². The number of phosphoric acid groups is 1. The summed E-state index contributed by atoms with van der Waals surface area (Å²) in [4.78, 5) is 38.2. The van der Waals surface area contributed by atoms with Crippen molar-refractivity contribution in [2.24, 2.45) is 0 Å². The zero-order chi connectivity index (χ0) is 73.3. The Labute approximate surface area is 625 Å². The number of hydrogen-bond donors (Lipinski definition) is 0. The molecule has 0 aromatic heterocycles. The molecule has 0 aliphatic carbocycles. The molecule has 0 fully saturated rings. The number of quaternary nitrogens is 1. The first-order valence-electron chi connectivity index (χ1n) is 42.4. The van der Waals surface area contributed by atoms with Gasteiger partial charge in [-0.25, -0.2) is 0 Å². The van der Waals surface area contributed by atoms with Crippen molar-refractivity contribution >= 4 is 19.8 Å². The fourth-order valence-corrected chi connectivity index (χ4v) is 12.7. The van der Waals surface area contributed by atoms with Gasteiger partial charge in [-0.1, -0.05) is 404 Å². The van der Waals surface area contributed by atoms with Crippen LogP contribution in [0.5, 0.6) is 0 Å². The summed E-state index contributed by atoms with van der Waals surface area (Å²) in [5.74, 6) is -0.866. The predicted octanol–water partition coefficient (Wildman–Crippen LogP) is 28.0. The second-order valence-electron chi connectivity index (χ2n) is 29.5. The van der Waals surface area contributed by atoms with Crippen LogP contribution >= 0.6 is 7.82 Å². The highest BCUT2D eigenvalue weighted by molar-refractivity contribution is 7.45. The molecule has 0 amide bonds. The summed E-state index contributed by atoms with van der Waals surface area (Å²) < 4.78 is 34.4. The molecule has 0 aromatic carbocycles. The van der Waals surface area contributed by atoms with E-state index < -0.39 is 26.5 Å². The van der Waals surface area contributed by atoms with E-state index in [1.807, 2.05) is 21.1 Å². The van der Waals surface area contributed by atoms with Gasteiger partial charge in [-0.15, -0.1) is 0 Å². The topological polar surface area (TPSA) is 111 Å². The van der Waals surface area contributed by atoms with Crippen LogP contribution in [-0.2, 0) is 32.7 Å². The van der Waals surface area contributed by atoms with Crippen molar-refractivity contribution in [1.29, 1.82) is 0 Å². The van der Waals surface area contributed by atoms with Gasteiger partial charge in [0.15, 0.2) is 6.10 Å². The van der Waals surface area contributed by atoms with Gasteiger partial charge < -0.3 is 27.9 Å². The van der Waals surface area contributed by atoms with Crippen molar-refractivity contribution in [3.8, 4) is 0 Å². The molecule has 0 saturated heterocycles. The first-order chi connectivity index (χ1) is 49.5. The molecule has 0 aliphatic heterocycles. The van der Waals surface area contributed by atoms with E-state index in [0.717, 1.165) is 109 Å². The minimum atomic E-state index is -4.66. The Morgan fingerprint density at radius 2 is 0.564 bits per heavy atom. The third kappa shape index (κ3) is 85.0. The smallest absolute Gasteiger partial charge is 0.306 e. The van der Waals surface area contributed by atoms with Gasteiger partial charge in [0.25, 0.3) is 7.82 Å². The van der Waals surface area contributed by atoms with Crippen LogP contribution in [0.4, 0.5) is 0 Å². The fourth-order valence-electron chi connectivity index (χ4n) is 12.0. The minimum absolute atomic E-state index is 0.0428. The first kappa shape index (κ1) is 97.2. The van der Waals surface area contributed by atoms with E-state index in [4.69, 9.17) is 18.5 Å². The highest BCUT2D eigenvalue weighted by Crippen LogP contribution is 2.38. The van der Waals surface area contributed by atoms with Gasteiger partial charge in [-0.05, 0) is 96.3 Å². The fraction of sp³-hybridized carbons (Fsp3) is 0.736. The molecule has 0 radical (unpaired) electrons. The van der Waals surface area contributed by atoms with Crippen molar-refractivity contribution in [1.82, 2.24) is 0 Å². The zero-order valence-electron chi connectivity index (χ0n) is 66.6. The van der Waals surface area contributed by atoms with Gasteiger partial charge in [0.1, 0.15) is 19.8 Å². The summed E-state index contributed by atoms with van der Waals surface area (Å²) in [6.45, 7) is 4.12. The Bertz CT molecular complexity index is 2170. The minimum Gasteiger partial charge on any atom is -0.756 e. The van der Waals surface area contributed by atoms with Crippen LogP contribution in [0.2, 0.25) is 0 Å². The lowest BCUT2D eigenvalue weighted by molar-refractivity contribution is -0.870. The summed E-state index contributed by atoms with van der Waals surface area (Å²) in [6.07, 6.45) is 118. The molecule has 0 rings (SSSR count). The number of carbonyl (C=O) groups is 2. The molecule has 582 valence electrons. The molecule has 0 bridgehead atoms. The van der Waals surface area contributed by atoms with Gasteiger partial charge in [0.2, 0.25) is 0 Å². The quantitative estimate of drug-likeness (QED) is 0.0195. The maximum Gasteiger partial charge on any atom is 0.306 e. The van der Waals surface area contributed by atoms with Crippen LogP contribution in [-0.4, -0.2) is 70.0 Å². The summed E-state index contributed by atoms with van der Waals surface area (Å²) in [5.41, 5.74) is 0. The number of esters is 2. The highest BCUT2D eigenvalue weighted by Gasteiger charge is 2.22. The second kappa shape index (κ2) is 80.3. The molecule has 0 saturated carbocycles. The van der Waals surface area contributed by atoms with E-state index in [9.17, 15) is 19.0 Å². The SMILES string of the molecule is CC/C=C\C/C=C\C/C=C\C/C=C\C/C=C\C/C=C\C/C=C\C/C=C\C/C=C\C/C=C\C/C=C\CCCCCC(=O)OC(COC(=O)CCCCCCCCCCCCCCCCCCCCCCCCCCCCCCCCCCCCCCCCCC)COP(=O)([O-])OCC[N+](C)(C)C. The number of nitrogens with zero attached hydrogens (tertiary/aromatic N) is 1. The van der Waals surface area contributed by atoms with E-state index in [1.165, 1.54) is 238 Å². The van der Waals surface area contributed by atoms with E-state index in [-0.39, 0.29) is 32.0 Å². The Kier molecular flexibility index (Phi) is 77.2. The van der Waals surface area contributed by atoms with E-state index in [0.29, 0.717) is 17.4 Å². The molecule has 2 atom stereocenters. The van der Waals surface area contributed by atoms with Gasteiger partial charge in [-0.2, -0.15) is 0 Å². The maximum atomic E-state index is 12.9. The molecular weight excluding hydrogens is 1270 g/mol. The highest BCUT2D eigenvalue weighted by atomic mass is 31.2. The number of allylic oxidation sites excluding steroid dienone is 22. The molecular formula is C91H160NO8P. The van der Waals surface area contributed by atoms with Crippen LogP contribution in [0.1, 0.15) is 380 Å². The van der Waals surface area contributed by atoms with Crippen LogP contribution in [0, 0.1) is 0 Å². The predicted molar refractivity (Wildman–Crippen MR) is 438 cm³/mol. The van der Waals surface area contributed by atoms with Gasteiger partial charge in [0.05, 0.1) is 27.7 Å². The standard InChI is InChI=1S/C91H160NO8P/c1-6-8-10-12-14-16-18-20-22-24-26-28-30-32-34-36-38-40-42-44-45-46-48-49-51-53-55-57-59-61-63-65-67-69-71-73-75-77-79-81-83-90(93)97-87-89(88-99-101(95,96)98-86-85-92(3,4)5)100-91(94)84-82-80-78-76-74-72-70-68-66-64-62-60-58-56-54-52-50-47-43-41-39-37-35-33-31-29-27-25-23-21-19-17-15-13-11-9-7-2/h9,11,15,17,21,23,27,29,33,35,39,41,47,50,54,56,60,62,66,68,72,74,89H,6-8,10,12-14,16,18-20,22,24-26,28,30-32,34,36-38,40,42-46,48-49,51-53,55,57-59,61,63-65,67,69-71,73,75-88H2,1-5H3/b11-9-,17-15-,23-21-,29-27-,35-33-,41-39-,50-47-,56-54-,62-60-,68-66-,74-72-. The average Bonchev–Trinajstić information content (AvgIpc) is 0.958. The lowest BCUT2D eigenvalue weighted by Crippen LogP contribution is -2.37. The monoisotopic (exact) mass is 1430 g/mol. The summed E-state index contributed by atoms with van der Waals surface area (Å²) in [6, 6.07) is 0. The molecule has 10 heteroatoms. The largest absolute Gasteiger partial charge is 0.756 e. The normalized spacial score (nSPS) is 13.7. The van der Waals surface area contributed by atoms with Crippen molar-refractivity contribution in [3.05, 3.63) is 134 Å². The van der Waals surface area contributed by atoms with Crippen molar-refractivity contribution in [2.45, 2.75) is 386 Å². The maximum absolute atomic E-state index is 12.9. The number of ether oxygens (including phenoxy) is 2. The Morgan fingerprint density at radius 1 is 0.317 bits per heavy atom. The number of rotatable bonds is 78. The average molecular weight is 1430 g/mol. The van der Waals surface area contributed by atoms with Crippen molar-refractivity contribution < 1.29 is 42.1 Å². The van der Waals surface area contributed by atoms with E-state index in [2.05, 4.69) is 148 Å². The molecule has 9 nitrogen and oxygen atoms in total. The Hall–Kier alpha value is -3.85. The Morgan fingerprint density at radius 3 is 0.842 bits per heavy atom. The van der Waals surface area contributed by atoms with Crippen LogP contribution in [0.15, 0.2) is 134 Å². The van der Waals surface area contributed by atoms with Crippen LogP contribution in [0.3, 0.4) is 0 Å². The molecule has 0 aromatic rings. The molecule has 0 aliphatic rings. The van der Waals surface area contributed by atoms with Crippen LogP contribution < -0.4 is 4.89 Å². The third-order valence-electron chi connectivity index (χ3n) is 18.4. The first-order valence-corrected chi connectivity index (χ1v) is 43.9. The number of hydrogen-bond acceptors (Lipinski definition) is 8. The number of phosphoric ester groups is 1. The number of unbranched alkanes of at least 4 members (excludes halogenated alkanes) is 42. The van der Waals surface area contributed by atoms with Gasteiger partial charge >= 0.3 is 11.9 Å². The number of likely N-dealkylation sites (N-methyl/N-ethyl adjacent to an activating group) is 1. The van der Waals surface area contributed by atoms with Gasteiger partial charge in [-0.3, -0.25) is 14.2 Å². The summed E-state index contributed by atoms with van der Waals surface area (Å²) >= 11 is 0. The van der Waals surface area contributed by atoms with Crippen LogP contribution in [0.25, 0.3) is 0 Å². The molecule has 0 heterocycles. The second-order valence-corrected chi connectivity index (χ2v) is 30.9. The summed E-state index contributed by atoms with van der Waals surface area (Å²) in [7, 11) is 1.14. The summed E-state index contributed by atoms with van der Waals surface area (Å²) in [5, 5.41) is 0. The lowest BCUT2D eigenvalue weighted by Gasteiger charge is -2.28. The van der Waals surface area contributed by atoms with Crippen molar-refractivity contribution in [2.75, 3.05) is 47.5 Å². The molecule has 101 heavy (non-hydrogen) atoms. The number of carbonyl (C=O) groups excluding carboxylic acids is 2.